The fraction of sp³-hybridized carbons (Fsp3) is 0.412. The number of ether oxygens (including phenoxy) is 1. The van der Waals surface area contributed by atoms with Crippen molar-refractivity contribution in [3.63, 3.8) is 0 Å². The molecule has 2 aromatic rings. The van der Waals surface area contributed by atoms with E-state index in [9.17, 15) is 18.3 Å². The summed E-state index contributed by atoms with van der Waals surface area (Å²) < 4.78 is 43.5. The SMILES string of the molecule is COc1ccc(-c2cncnc2)cc1C(C)(C)CC(O)C(F)(F)F. The Kier molecular flexibility index (Phi) is 5.13. The molecule has 1 atom stereocenters. The van der Waals surface area contributed by atoms with Crippen LogP contribution >= 0.6 is 0 Å². The molecule has 2 rings (SSSR count). The number of rotatable bonds is 5. The minimum absolute atomic E-state index is 0.468. The summed E-state index contributed by atoms with van der Waals surface area (Å²) in [7, 11) is 1.46. The zero-order chi connectivity index (χ0) is 18.0. The van der Waals surface area contributed by atoms with E-state index in [4.69, 9.17) is 4.74 Å². The molecule has 0 saturated carbocycles. The van der Waals surface area contributed by atoms with Gasteiger partial charge in [0, 0.05) is 23.5 Å². The highest BCUT2D eigenvalue weighted by molar-refractivity contribution is 5.64. The summed E-state index contributed by atoms with van der Waals surface area (Å²) in [5.74, 6) is 0.468. The molecule has 0 radical (unpaired) electrons. The molecule has 0 aliphatic carbocycles. The van der Waals surface area contributed by atoms with Gasteiger partial charge in [0.15, 0.2) is 6.10 Å². The molecule has 0 amide bonds. The quantitative estimate of drug-likeness (QED) is 0.901. The monoisotopic (exact) mass is 340 g/mol. The summed E-state index contributed by atoms with van der Waals surface area (Å²) in [6.45, 7) is 3.29. The maximum absolute atomic E-state index is 12.7. The van der Waals surface area contributed by atoms with Crippen molar-refractivity contribution in [2.24, 2.45) is 0 Å². The molecule has 0 fully saturated rings. The highest BCUT2D eigenvalue weighted by Crippen LogP contribution is 2.40. The van der Waals surface area contributed by atoms with Crippen molar-refractivity contribution >= 4 is 0 Å². The first-order valence-corrected chi connectivity index (χ1v) is 7.34. The van der Waals surface area contributed by atoms with E-state index in [-0.39, 0.29) is 0 Å². The molecule has 0 bridgehead atoms. The fourth-order valence-electron chi connectivity index (χ4n) is 2.57. The zero-order valence-corrected chi connectivity index (χ0v) is 13.6. The van der Waals surface area contributed by atoms with Gasteiger partial charge in [-0.05, 0) is 29.5 Å². The van der Waals surface area contributed by atoms with Crippen LogP contribution in [0.3, 0.4) is 0 Å². The number of hydrogen-bond acceptors (Lipinski definition) is 4. The lowest BCUT2D eigenvalue weighted by molar-refractivity contribution is -0.209. The summed E-state index contributed by atoms with van der Waals surface area (Å²) >= 11 is 0. The zero-order valence-electron chi connectivity index (χ0n) is 13.6. The second-order valence-corrected chi connectivity index (χ2v) is 6.19. The summed E-state index contributed by atoms with van der Waals surface area (Å²) in [5, 5.41) is 9.45. The molecular formula is C17H19F3N2O2. The van der Waals surface area contributed by atoms with E-state index in [0.717, 1.165) is 11.1 Å². The van der Waals surface area contributed by atoms with E-state index in [1.165, 1.54) is 13.4 Å². The topological polar surface area (TPSA) is 55.2 Å². The van der Waals surface area contributed by atoms with Crippen molar-refractivity contribution in [1.82, 2.24) is 9.97 Å². The Morgan fingerprint density at radius 3 is 2.29 bits per heavy atom. The molecule has 1 N–H and O–H groups in total. The smallest absolute Gasteiger partial charge is 0.414 e. The van der Waals surface area contributed by atoms with Crippen LogP contribution < -0.4 is 4.74 Å². The third-order valence-electron chi connectivity index (χ3n) is 3.90. The number of aliphatic hydroxyl groups excluding tert-OH is 1. The molecule has 1 aromatic heterocycles. The van der Waals surface area contributed by atoms with Gasteiger partial charge in [0.2, 0.25) is 0 Å². The first-order chi connectivity index (χ1) is 11.1. The molecule has 4 nitrogen and oxygen atoms in total. The number of aromatic nitrogens is 2. The van der Waals surface area contributed by atoms with Gasteiger partial charge in [-0.3, -0.25) is 0 Å². The van der Waals surface area contributed by atoms with E-state index < -0.39 is 24.1 Å². The number of nitrogens with zero attached hydrogens (tertiary/aromatic N) is 2. The average molecular weight is 340 g/mol. The Hall–Kier alpha value is -2.15. The number of alkyl halides is 3. The van der Waals surface area contributed by atoms with Crippen molar-refractivity contribution in [2.75, 3.05) is 7.11 Å². The van der Waals surface area contributed by atoms with Gasteiger partial charge in [0.1, 0.15) is 12.1 Å². The second-order valence-electron chi connectivity index (χ2n) is 6.19. The van der Waals surface area contributed by atoms with E-state index >= 15 is 0 Å². The van der Waals surface area contributed by atoms with E-state index in [0.29, 0.717) is 11.3 Å². The molecule has 1 unspecified atom stereocenters. The summed E-state index contributed by atoms with van der Waals surface area (Å²) in [6.07, 6.45) is -2.89. The Morgan fingerprint density at radius 2 is 1.75 bits per heavy atom. The molecule has 1 heterocycles. The molecule has 0 aliphatic rings. The van der Waals surface area contributed by atoms with E-state index in [1.807, 2.05) is 0 Å². The highest BCUT2D eigenvalue weighted by atomic mass is 19.4. The number of aliphatic hydroxyl groups is 1. The third-order valence-corrected chi connectivity index (χ3v) is 3.90. The summed E-state index contributed by atoms with van der Waals surface area (Å²) in [4.78, 5) is 7.89. The number of halogens is 3. The van der Waals surface area contributed by atoms with Gasteiger partial charge in [0.05, 0.1) is 7.11 Å². The van der Waals surface area contributed by atoms with Crippen LogP contribution in [0.2, 0.25) is 0 Å². The molecule has 0 spiro atoms. The van der Waals surface area contributed by atoms with Crippen LogP contribution in [0.15, 0.2) is 36.9 Å². The van der Waals surface area contributed by atoms with Crippen LogP contribution in [0.5, 0.6) is 5.75 Å². The normalized spacial score (nSPS) is 13.6. The molecule has 0 saturated heterocycles. The maximum atomic E-state index is 12.7. The van der Waals surface area contributed by atoms with Gasteiger partial charge >= 0.3 is 6.18 Å². The van der Waals surface area contributed by atoms with E-state index in [1.54, 1.807) is 44.4 Å². The van der Waals surface area contributed by atoms with Crippen molar-refractivity contribution in [1.29, 1.82) is 0 Å². The fourth-order valence-corrected chi connectivity index (χ4v) is 2.57. The lowest BCUT2D eigenvalue weighted by atomic mass is 9.78. The van der Waals surface area contributed by atoms with Crippen LogP contribution in [0.4, 0.5) is 13.2 Å². The van der Waals surface area contributed by atoms with Gasteiger partial charge in [-0.2, -0.15) is 13.2 Å². The van der Waals surface area contributed by atoms with Crippen LogP contribution in [0.1, 0.15) is 25.8 Å². The van der Waals surface area contributed by atoms with Crippen LogP contribution in [-0.4, -0.2) is 34.5 Å². The first-order valence-electron chi connectivity index (χ1n) is 7.34. The number of hydrogen-bond donors (Lipinski definition) is 1. The molecular weight excluding hydrogens is 321 g/mol. The molecule has 1 aromatic carbocycles. The van der Waals surface area contributed by atoms with Crippen LogP contribution in [0.25, 0.3) is 11.1 Å². The molecule has 24 heavy (non-hydrogen) atoms. The lowest BCUT2D eigenvalue weighted by Crippen LogP contribution is -2.35. The number of methoxy groups -OCH3 is 1. The Morgan fingerprint density at radius 1 is 1.12 bits per heavy atom. The van der Waals surface area contributed by atoms with Crippen molar-refractivity contribution in [2.45, 2.75) is 38.0 Å². The van der Waals surface area contributed by atoms with Gasteiger partial charge in [0.25, 0.3) is 0 Å². The highest BCUT2D eigenvalue weighted by Gasteiger charge is 2.42. The van der Waals surface area contributed by atoms with Crippen LogP contribution in [-0.2, 0) is 5.41 Å². The van der Waals surface area contributed by atoms with Gasteiger partial charge in [-0.25, -0.2) is 9.97 Å². The lowest BCUT2D eigenvalue weighted by Gasteiger charge is -2.30. The minimum atomic E-state index is -4.66. The largest absolute Gasteiger partial charge is 0.496 e. The van der Waals surface area contributed by atoms with Crippen molar-refractivity contribution < 1.29 is 23.0 Å². The Bertz CT molecular complexity index is 688. The van der Waals surface area contributed by atoms with Crippen molar-refractivity contribution in [3.05, 3.63) is 42.5 Å². The van der Waals surface area contributed by atoms with Gasteiger partial charge in [-0.15, -0.1) is 0 Å². The predicted molar refractivity (Wildman–Crippen MR) is 83.7 cm³/mol. The standard InChI is InChI=1S/C17H19F3N2O2/c1-16(2,7-15(23)17(18,19)20)13-6-11(4-5-14(13)24-3)12-8-21-10-22-9-12/h4-6,8-10,15,23H,7H2,1-3H3. The van der Waals surface area contributed by atoms with Gasteiger partial charge < -0.3 is 9.84 Å². The molecule has 7 heteroatoms. The molecule has 0 aliphatic heterocycles. The maximum Gasteiger partial charge on any atom is 0.414 e. The van der Waals surface area contributed by atoms with Crippen LogP contribution in [0, 0.1) is 0 Å². The molecule has 130 valence electrons. The Balaban J connectivity index is 2.43. The predicted octanol–water partition coefficient (Wildman–Crippen LogP) is 3.74. The first kappa shape index (κ1) is 18.2. The van der Waals surface area contributed by atoms with E-state index in [2.05, 4.69) is 9.97 Å². The number of benzene rings is 1. The Labute approximate surface area is 138 Å². The summed E-state index contributed by atoms with van der Waals surface area (Å²) in [6, 6.07) is 5.23. The second kappa shape index (κ2) is 6.76. The summed E-state index contributed by atoms with van der Waals surface area (Å²) in [5.41, 5.74) is 1.13. The minimum Gasteiger partial charge on any atom is -0.496 e. The average Bonchev–Trinajstić information content (AvgIpc) is 2.53. The third kappa shape index (κ3) is 4.03. The van der Waals surface area contributed by atoms with Crippen molar-refractivity contribution in [3.8, 4) is 16.9 Å². The van der Waals surface area contributed by atoms with Gasteiger partial charge in [-0.1, -0.05) is 19.9 Å².